The highest BCUT2D eigenvalue weighted by Gasteiger charge is 2.34. The molecule has 1 aromatic carbocycles. The molecule has 0 amide bonds. The summed E-state index contributed by atoms with van der Waals surface area (Å²) in [6.45, 7) is -0.263. The van der Waals surface area contributed by atoms with Gasteiger partial charge in [0.05, 0.1) is 17.1 Å². The van der Waals surface area contributed by atoms with Crippen LogP contribution in [-0.4, -0.2) is 16.6 Å². The Morgan fingerprint density at radius 1 is 1.39 bits per heavy atom. The molecule has 4 nitrogen and oxygen atoms in total. The zero-order valence-corrected chi connectivity index (χ0v) is 8.99. The zero-order chi connectivity index (χ0) is 13.8. The van der Waals surface area contributed by atoms with E-state index in [1.807, 2.05) is 0 Å². The van der Waals surface area contributed by atoms with Gasteiger partial charge in [0, 0.05) is 24.1 Å². The van der Waals surface area contributed by atoms with Gasteiger partial charge < -0.3 is 5.11 Å². The van der Waals surface area contributed by atoms with E-state index in [4.69, 9.17) is 5.11 Å². The van der Waals surface area contributed by atoms with Crippen molar-refractivity contribution in [1.29, 1.82) is 0 Å². The van der Waals surface area contributed by atoms with E-state index in [0.717, 1.165) is 12.1 Å². The summed E-state index contributed by atoms with van der Waals surface area (Å²) in [5.74, 6) is 4.58. The minimum absolute atomic E-state index is 0.0360. The SMILES string of the molecule is O=[N+]([O-])c1ccc(C#CCCO)c(C(F)(F)F)c1. The highest BCUT2D eigenvalue weighted by Crippen LogP contribution is 2.33. The molecule has 0 atom stereocenters. The van der Waals surface area contributed by atoms with E-state index in [2.05, 4.69) is 11.8 Å². The first-order valence-corrected chi connectivity index (χ1v) is 4.81. The number of nitro groups is 1. The van der Waals surface area contributed by atoms with E-state index < -0.39 is 22.4 Å². The van der Waals surface area contributed by atoms with Gasteiger partial charge >= 0.3 is 6.18 Å². The molecule has 0 heterocycles. The van der Waals surface area contributed by atoms with E-state index >= 15 is 0 Å². The first-order chi connectivity index (χ1) is 8.36. The summed E-state index contributed by atoms with van der Waals surface area (Å²) in [6.07, 6.45) is -4.68. The highest BCUT2D eigenvalue weighted by molar-refractivity contribution is 5.49. The summed E-state index contributed by atoms with van der Waals surface area (Å²) in [5.41, 5.74) is -2.14. The summed E-state index contributed by atoms with van der Waals surface area (Å²) < 4.78 is 38.0. The Morgan fingerprint density at radius 2 is 2.06 bits per heavy atom. The summed E-state index contributed by atoms with van der Waals surface area (Å²) in [7, 11) is 0. The molecule has 18 heavy (non-hydrogen) atoms. The van der Waals surface area contributed by atoms with Crippen LogP contribution in [0.25, 0.3) is 0 Å². The monoisotopic (exact) mass is 259 g/mol. The van der Waals surface area contributed by atoms with Crippen molar-refractivity contribution in [2.45, 2.75) is 12.6 Å². The molecule has 0 saturated carbocycles. The number of hydrogen-bond acceptors (Lipinski definition) is 3. The minimum Gasteiger partial charge on any atom is -0.395 e. The van der Waals surface area contributed by atoms with Crippen molar-refractivity contribution in [3.05, 3.63) is 39.4 Å². The van der Waals surface area contributed by atoms with Gasteiger partial charge in [0.2, 0.25) is 0 Å². The van der Waals surface area contributed by atoms with Gasteiger partial charge in [-0.05, 0) is 6.07 Å². The maximum atomic E-state index is 12.7. The van der Waals surface area contributed by atoms with Crippen LogP contribution in [0.2, 0.25) is 0 Å². The fourth-order valence-electron chi connectivity index (χ4n) is 1.20. The maximum absolute atomic E-state index is 12.7. The lowest BCUT2D eigenvalue weighted by Gasteiger charge is -2.08. The van der Waals surface area contributed by atoms with Crippen LogP contribution in [0, 0.1) is 22.0 Å². The number of rotatable bonds is 2. The van der Waals surface area contributed by atoms with Crippen LogP contribution in [0.15, 0.2) is 18.2 Å². The molecule has 96 valence electrons. The van der Waals surface area contributed by atoms with Crippen LogP contribution in [0.4, 0.5) is 18.9 Å². The smallest absolute Gasteiger partial charge is 0.395 e. The second kappa shape index (κ2) is 5.51. The Balaban J connectivity index is 3.27. The first-order valence-electron chi connectivity index (χ1n) is 4.81. The second-order valence-electron chi connectivity index (χ2n) is 3.26. The molecule has 0 aliphatic heterocycles. The standard InChI is InChI=1S/C11H8F3NO3/c12-11(13,14)10-7-9(15(17)18)5-4-8(10)3-1-2-6-16/h4-5,7,16H,2,6H2. The molecule has 0 unspecified atom stereocenters. The van der Waals surface area contributed by atoms with Gasteiger partial charge in [0.25, 0.3) is 5.69 Å². The fraction of sp³-hybridized carbons (Fsp3) is 0.273. The van der Waals surface area contributed by atoms with E-state index in [0.29, 0.717) is 6.07 Å². The summed E-state index contributed by atoms with van der Waals surface area (Å²) in [4.78, 5) is 9.52. The van der Waals surface area contributed by atoms with Crippen LogP contribution in [-0.2, 0) is 6.18 Å². The largest absolute Gasteiger partial charge is 0.417 e. The van der Waals surface area contributed by atoms with Crippen molar-refractivity contribution in [2.24, 2.45) is 0 Å². The molecular weight excluding hydrogens is 251 g/mol. The fourth-order valence-corrected chi connectivity index (χ4v) is 1.20. The third-order valence-electron chi connectivity index (χ3n) is 1.98. The lowest BCUT2D eigenvalue weighted by atomic mass is 10.1. The molecule has 1 N–H and O–H groups in total. The van der Waals surface area contributed by atoms with Crippen LogP contribution < -0.4 is 0 Å². The highest BCUT2D eigenvalue weighted by atomic mass is 19.4. The van der Waals surface area contributed by atoms with Crippen molar-refractivity contribution in [3.63, 3.8) is 0 Å². The average Bonchev–Trinajstić information content (AvgIpc) is 2.28. The molecule has 1 rings (SSSR count). The predicted molar refractivity (Wildman–Crippen MR) is 56.7 cm³/mol. The average molecular weight is 259 g/mol. The van der Waals surface area contributed by atoms with E-state index in [-0.39, 0.29) is 18.6 Å². The lowest BCUT2D eigenvalue weighted by molar-refractivity contribution is -0.385. The molecule has 0 saturated heterocycles. The topological polar surface area (TPSA) is 63.4 Å². The molecule has 7 heteroatoms. The van der Waals surface area contributed by atoms with E-state index in [1.165, 1.54) is 0 Å². The predicted octanol–water partition coefficient (Wildman–Crippen LogP) is 2.35. The molecule has 0 spiro atoms. The molecule has 0 fully saturated rings. The molecular formula is C11H8F3NO3. The number of halogens is 3. The van der Waals surface area contributed by atoms with Crippen molar-refractivity contribution >= 4 is 5.69 Å². The normalized spacial score (nSPS) is 10.7. The number of aliphatic hydroxyl groups excluding tert-OH is 1. The van der Waals surface area contributed by atoms with Gasteiger partial charge in [0.1, 0.15) is 0 Å². The van der Waals surface area contributed by atoms with Crippen LogP contribution in [0.1, 0.15) is 17.5 Å². The number of aliphatic hydroxyl groups is 1. The molecule has 1 aromatic rings. The van der Waals surface area contributed by atoms with Crippen LogP contribution in [0.3, 0.4) is 0 Å². The summed E-state index contributed by atoms with van der Waals surface area (Å²) in [6, 6.07) is 2.35. The third kappa shape index (κ3) is 3.46. The summed E-state index contributed by atoms with van der Waals surface area (Å²) >= 11 is 0. The van der Waals surface area contributed by atoms with E-state index in [9.17, 15) is 23.3 Å². The number of hydrogen-bond donors (Lipinski definition) is 1. The first kappa shape index (κ1) is 14.0. The Bertz CT molecular complexity index is 514. The zero-order valence-electron chi connectivity index (χ0n) is 8.99. The minimum atomic E-state index is -4.71. The third-order valence-corrected chi connectivity index (χ3v) is 1.98. The van der Waals surface area contributed by atoms with Crippen LogP contribution in [0.5, 0.6) is 0 Å². The number of nitro benzene ring substituents is 1. The van der Waals surface area contributed by atoms with Gasteiger partial charge in [-0.1, -0.05) is 11.8 Å². The van der Waals surface area contributed by atoms with Crippen molar-refractivity contribution in [3.8, 4) is 11.8 Å². The number of alkyl halides is 3. The van der Waals surface area contributed by atoms with E-state index in [1.54, 1.807) is 0 Å². The number of benzene rings is 1. The van der Waals surface area contributed by atoms with Gasteiger partial charge in [-0.2, -0.15) is 13.2 Å². The van der Waals surface area contributed by atoms with Crippen molar-refractivity contribution in [2.75, 3.05) is 6.61 Å². The van der Waals surface area contributed by atoms with Crippen molar-refractivity contribution < 1.29 is 23.2 Å². The molecule has 0 radical (unpaired) electrons. The Morgan fingerprint density at radius 3 is 2.56 bits per heavy atom. The van der Waals surface area contributed by atoms with Gasteiger partial charge in [-0.15, -0.1) is 0 Å². The van der Waals surface area contributed by atoms with Gasteiger partial charge in [-0.25, -0.2) is 0 Å². The summed E-state index contributed by atoms with van der Waals surface area (Å²) in [5, 5.41) is 18.9. The number of nitrogens with zero attached hydrogens (tertiary/aromatic N) is 1. The molecule has 0 aliphatic rings. The lowest BCUT2D eigenvalue weighted by Crippen LogP contribution is -2.08. The van der Waals surface area contributed by atoms with Crippen molar-refractivity contribution in [1.82, 2.24) is 0 Å². The van der Waals surface area contributed by atoms with Crippen LogP contribution >= 0.6 is 0 Å². The Labute approximate surface area is 100 Å². The Hall–Kier alpha value is -2.07. The second-order valence-corrected chi connectivity index (χ2v) is 3.26. The van der Waals surface area contributed by atoms with Gasteiger partial charge in [0.15, 0.2) is 0 Å². The quantitative estimate of drug-likeness (QED) is 0.503. The Kier molecular flexibility index (Phi) is 4.28. The molecule has 0 bridgehead atoms. The van der Waals surface area contributed by atoms with Gasteiger partial charge in [-0.3, -0.25) is 10.1 Å². The maximum Gasteiger partial charge on any atom is 0.417 e. The molecule has 0 aromatic heterocycles. The number of non-ortho nitro benzene ring substituents is 1. The molecule has 0 aliphatic carbocycles.